The third kappa shape index (κ3) is 3.55. The van der Waals surface area contributed by atoms with Gasteiger partial charge in [0, 0.05) is 12.7 Å². The number of hydrogen-bond acceptors (Lipinski definition) is 2. The van der Waals surface area contributed by atoms with Crippen LogP contribution in [0.4, 0.5) is 15.0 Å². The maximum Gasteiger partial charge on any atom is 0.320 e. The van der Waals surface area contributed by atoms with Gasteiger partial charge in [-0.1, -0.05) is 18.2 Å². The fourth-order valence-corrected chi connectivity index (χ4v) is 1.38. The molecule has 18 heavy (non-hydrogen) atoms. The number of halogens is 1. The van der Waals surface area contributed by atoms with Crippen molar-refractivity contribution in [2.24, 2.45) is 0 Å². The fraction of sp³-hybridized carbons (Fsp3) is 0.0769. The van der Waals surface area contributed by atoms with Gasteiger partial charge in [-0.05, 0) is 29.8 Å². The number of nitrogens with zero attached hydrogens (tertiary/aromatic N) is 1. The van der Waals surface area contributed by atoms with E-state index < -0.39 is 0 Å². The van der Waals surface area contributed by atoms with Crippen molar-refractivity contribution in [3.05, 3.63) is 60.0 Å². The summed E-state index contributed by atoms with van der Waals surface area (Å²) in [7, 11) is 0. The first-order valence-corrected chi connectivity index (χ1v) is 5.44. The van der Waals surface area contributed by atoms with Gasteiger partial charge in [-0.2, -0.15) is 0 Å². The van der Waals surface area contributed by atoms with Crippen molar-refractivity contribution in [2.75, 3.05) is 5.32 Å². The Hall–Kier alpha value is -2.43. The summed E-state index contributed by atoms with van der Waals surface area (Å²) in [6, 6.07) is 10.8. The molecule has 0 aliphatic heterocycles. The highest BCUT2D eigenvalue weighted by atomic mass is 19.1. The lowest BCUT2D eigenvalue weighted by Crippen LogP contribution is -2.28. The molecule has 0 aliphatic rings. The number of benzene rings is 1. The van der Waals surface area contributed by atoms with E-state index in [1.165, 1.54) is 12.1 Å². The van der Waals surface area contributed by atoms with Crippen molar-refractivity contribution in [1.82, 2.24) is 10.3 Å². The maximum absolute atomic E-state index is 12.7. The normalized spacial score (nSPS) is 9.83. The molecule has 2 rings (SSSR count). The van der Waals surface area contributed by atoms with E-state index in [0.29, 0.717) is 12.4 Å². The van der Waals surface area contributed by atoms with E-state index in [1.54, 1.807) is 36.5 Å². The van der Waals surface area contributed by atoms with Crippen LogP contribution in [0.2, 0.25) is 0 Å². The van der Waals surface area contributed by atoms with E-state index in [4.69, 9.17) is 0 Å². The molecular formula is C13H12FN3O. The third-order valence-corrected chi connectivity index (χ3v) is 2.27. The van der Waals surface area contributed by atoms with Crippen molar-refractivity contribution in [1.29, 1.82) is 0 Å². The van der Waals surface area contributed by atoms with Crippen LogP contribution >= 0.6 is 0 Å². The minimum absolute atomic E-state index is 0.295. The molecule has 0 fully saturated rings. The van der Waals surface area contributed by atoms with Gasteiger partial charge < -0.3 is 5.32 Å². The minimum Gasteiger partial charge on any atom is -0.334 e. The SMILES string of the molecule is O=C(NCc1ccc(F)cc1)Nc1ccccn1. The average molecular weight is 245 g/mol. The Morgan fingerprint density at radius 2 is 1.94 bits per heavy atom. The van der Waals surface area contributed by atoms with Crippen LogP contribution in [0.3, 0.4) is 0 Å². The number of pyridine rings is 1. The highest BCUT2D eigenvalue weighted by Gasteiger charge is 2.01. The van der Waals surface area contributed by atoms with Gasteiger partial charge >= 0.3 is 6.03 Å². The summed E-state index contributed by atoms with van der Waals surface area (Å²) in [5.41, 5.74) is 0.826. The van der Waals surface area contributed by atoms with E-state index >= 15 is 0 Å². The van der Waals surface area contributed by atoms with Gasteiger partial charge in [-0.25, -0.2) is 14.2 Å². The number of urea groups is 1. The molecule has 1 aromatic heterocycles. The molecule has 0 atom stereocenters. The number of aromatic nitrogens is 1. The number of rotatable bonds is 3. The number of anilines is 1. The fourth-order valence-electron chi connectivity index (χ4n) is 1.38. The molecule has 92 valence electrons. The van der Waals surface area contributed by atoms with E-state index in [1.807, 2.05) is 0 Å². The van der Waals surface area contributed by atoms with Gasteiger partial charge in [0.15, 0.2) is 0 Å². The van der Waals surface area contributed by atoms with Crippen molar-refractivity contribution >= 4 is 11.8 Å². The zero-order valence-corrected chi connectivity index (χ0v) is 9.56. The molecule has 0 radical (unpaired) electrons. The van der Waals surface area contributed by atoms with E-state index in [0.717, 1.165) is 5.56 Å². The standard InChI is InChI=1S/C13H12FN3O/c14-11-6-4-10(5-7-11)9-16-13(18)17-12-3-1-2-8-15-12/h1-8H,9H2,(H2,15,16,17,18). The molecule has 0 unspecified atom stereocenters. The van der Waals surface area contributed by atoms with Crippen molar-refractivity contribution in [3.63, 3.8) is 0 Å². The van der Waals surface area contributed by atoms with Gasteiger partial charge in [0.1, 0.15) is 11.6 Å². The highest BCUT2D eigenvalue weighted by Crippen LogP contribution is 2.03. The topological polar surface area (TPSA) is 54.0 Å². The second-order valence-electron chi connectivity index (χ2n) is 3.65. The lowest BCUT2D eigenvalue weighted by atomic mass is 10.2. The summed E-state index contributed by atoms with van der Waals surface area (Å²) < 4.78 is 12.7. The number of nitrogens with one attached hydrogen (secondary N) is 2. The lowest BCUT2D eigenvalue weighted by Gasteiger charge is -2.06. The summed E-state index contributed by atoms with van der Waals surface area (Å²) in [5, 5.41) is 5.24. The monoisotopic (exact) mass is 245 g/mol. The number of carbonyl (C=O) groups is 1. The molecule has 2 amide bonds. The molecule has 4 nitrogen and oxygen atoms in total. The Labute approximate surface area is 104 Å². The van der Waals surface area contributed by atoms with E-state index in [2.05, 4.69) is 15.6 Å². The molecule has 2 N–H and O–H groups in total. The predicted molar refractivity (Wildman–Crippen MR) is 66.5 cm³/mol. The summed E-state index contributed by atoms with van der Waals surface area (Å²) in [6.45, 7) is 0.332. The van der Waals surface area contributed by atoms with Gasteiger partial charge in [-0.3, -0.25) is 5.32 Å². The van der Waals surface area contributed by atoms with Crippen LogP contribution in [0.5, 0.6) is 0 Å². The van der Waals surface area contributed by atoms with Crippen molar-refractivity contribution in [3.8, 4) is 0 Å². The second kappa shape index (κ2) is 5.77. The van der Waals surface area contributed by atoms with Gasteiger partial charge in [0.05, 0.1) is 0 Å². The third-order valence-electron chi connectivity index (χ3n) is 2.27. The molecule has 5 heteroatoms. The molecule has 0 aliphatic carbocycles. The van der Waals surface area contributed by atoms with Crippen molar-refractivity contribution in [2.45, 2.75) is 6.54 Å². The zero-order chi connectivity index (χ0) is 12.8. The predicted octanol–water partition coefficient (Wildman–Crippen LogP) is 2.54. The summed E-state index contributed by atoms with van der Waals surface area (Å²) >= 11 is 0. The second-order valence-corrected chi connectivity index (χ2v) is 3.65. The molecule has 0 bridgehead atoms. The smallest absolute Gasteiger partial charge is 0.320 e. The highest BCUT2D eigenvalue weighted by molar-refractivity contribution is 5.88. The number of carbonyl (C=O) groups excluding carboxylic acids is 1. The summed E-state index contributed by atoms with van der Waals surface area (Å²) in [6.07, 6.45) is 1.59. The van der Waals surface area contributed by atoms with Crippen LogP contribution in [-0.2, 0) is 6.54 Å². The quantitative estimate of drug-likeness (QED) is 0.873. The molecule has 1 heterocycles. The molecule has 0 spiro atoms. The summed E-state index contributed by atoms with van der Waals surface area (Å²) in [5.74, 6) is 0.186. The first-order valence-electron chi connectivity index (χ1n) is 5.44. The van der Waals surface area contributed by atoms with Gasteiger partial charge in [0.2, 0.25) is 0 Å². The summed E-state index contributed by atoms with van der Waals surface area (Å²) in [4.78, 5) is 15.5. The van der Waals surface area contributed by atoms with Crippen LogP contribution in [0, 0.1) is 5.82 Å². The molecule has 2 aromatic rings. The number of amides is 2. The Bertz CT molecular complexity index is 514. The lowest BCUT2D eigenvalue weighted by molar-refractivity contribution is 0.251. The average Bonchev–Trinajstić information content (AvgIpc) is 2.39. The molecule has 0 saturated carbocycles. The van der Waals surface area contributed by atoms with E-state index in [9.17, 15) is 9.18 Å². The van der Waals surface area contributed by atoms with Crippen LogP contribution < -0.4 is 10.6 Å². The Morgan fingerprint density at radius 1 is 1.17 bits per heavy atom. The minimum atomic E-state index is -0.349. The van der Waals surface area contributed by atoms with Gasteiger partial charge in [0.25, 0.3) is 0 Å². The molecular weight excluding hydrogens is 233 g/mol. The van der Waals surface area contributed by atoms with E-state index in [-0.39, 0.29) is 11.8 Å². The van der Waals surface area contributed by atoms with Gasteiger partial charge in [-0.15, -0.1) is 0 Å². The first kappa shape index (κ1) is 12.0. The Morgan fingerprint density at radius 3 is 2.61 bits per heavy atom. The Balaban J connectivity index is 1.83. The molecule has 1 aromatic carbocycles. The maximum atomic E-state index is 12.7. The zero-order valence-electron chi connectivity index (χ0n) is 9.56. The molecule has 0 saturated heterocycles. The van der Waals surface area contributed by atoms with Crippen LogP contribution in [0.25, 0.3) is 0 Å². The first-order chi connectivity index (χ1) is 8.74. The van der Waals surface area contributed by atoms with Crippen LogP contribution in [-0.4, -0.2) is 11.0 Å². The van der Waals surface area contributed by atoms with Crippen LogP contribution in [0.1, 0.15) is 5.56 Å². The largest absolute Gasteiger partial charge is 0.334 e. The van der Waals surface area contributed by atoms with Crippen molar-refractivity contribution < 1.29 is 9.18 Å². The number of hydrogen-bond donors (Lipinski definition) is 2. The van der Waals surface area contributed by atoms with Crippen LogP contribution in [0.15, 0.2) is 48.7 Å². The Kier molecular flexibility index (Phi) is 3.86.